The third-order valence-electron chi connectivity index (χ3n) is 0.921. The SMILES string of the molecule is CC(C)(C)CC=NOC(N)=O. The van der Waals surface area contributed by atoms with E-state index >= 15 is 0 Å². The second kappa shape index (κ2) is 3.95. The fourth-order valence-electron chi connectivity index (χ4n) is 0.400. The summed E-state index contributed by atoms with van der Waals surface area (Å²) in [5.74, 6) is 0. The Balaban J connectivity index is 3.53. The van der Waals surface area contributed by atoms with Crippen molar-refractivity contribution < 1.29 is 9.63 Å². The van der Waals surface area contributed by atoms with Crippen molar-refractivity contribution in [2.45, 2.75) is 27.2 Å². The van der Waals surface area contributed by atoms with Gasteiger partial charge in [0.2, 0.25) is 0 Å². The molecule has 0 unspecified atom stereocenters. The number of carbonyl (C=O) groups excluding carboxylic acids is 1. The van der Waals surface area contributed by atoms with Crippen LogP contribution in [-0.4, -0.2) is 12.3 Å². The first-order chi connectivity index (χ1) is 4.92. The number of carbonyl (C=O) groups is 1. The van der Waals surface area contributed by atoms with Crippen LogP contribution in [0.3, 0.4) is 0 Å². The Labute approximate surface area is 66.4 Å². The Morgan fingerprint density at radius 2 is 2.18 bits per heavy atom. The lowest BCUT2D eigenvalue weighted by molar-refractivity contribution is 0.161. The number of rotatable bonds is 2. The van der Waals surface area contributed by atoms with Gasteiger partial charge < -0.3 is 5.73 Å². The largest absolute Gasteiger partial charge is 0.430 e. The zero-order chi connectivity index (χ0) is 8.91. The summed E-state index contributed by atoms with van der Waals surface area (Å²) in [5.41, 5.74) is 4.82. The van der Waals surface area contributed by atoms with E-state index in [2.05, 4.69) is 36.5 Å². The summed E-state index contributed by atoms with van der Waals surface area (Å²) < 4.78 is 0. The molecule has 0 heterocycles. The molecule has 0 aromatic rings. The highest BCUT2D eigenvalue weighted by atomic mass is 16.7. The maximum atomic E-state index is 10.0. The smallest absolute Gasteiger partial charge is 0.333 e. The molecule has 0 aliphatic rings. The number of hydrogen-bond donors (Lipinski definition) is 1. The molecule has 0 aromatic carbocycles. The van der Waals surface area contributed by atoms with Crippen LogP contribution < -0.4 is 5.73 Å². The van der Waals surface area contributed by atoms with Crippen molar-refractivity contribution in [3.63, 3.8) is 0 Å². The molecule has 4 nitrogen and oxygen atoms in total. The van der Waals surface area contributed by atoms with Crippen molar-refractivity contribution in [2.75, 3.05) is 0 Å². The lowest BCUT2D eigenvalue weighted by Gasteiger charge is -2.13. The van der Waals surface area contributed by atoms with Crippen LogP contribution in [0, 0.1) is 5.41 Å². The molecular formula is C7H14N2O2. The van der Waals surface area contributed by atoms with Crippen LogP contribution in [0.2, 0.25) is 0 Å². The highest BCUT2D eigenvalue weighted by Crippen LogP contribution is 2.15. The zero-order valence-corrected chi connectivity index (χ0v) is 7.13. The quantitative estimate of drug-likeness (QED) is 0.376. The number of oxime groups is 1. The summed E-state index contributed by atoms with van der Waals surface area (Å²) in [6, 6.07) is 0. The summed E-state index contributed by atoms with van der Waals surface area (Å²) >= 11 is 0. The Bertz CT molecular complexity index is 158. The van der Waals surface area contributed by atoms with Gasteiger partial charge in [0, 0.05) is 6.21 Å². The van der Waals surface area contributed by atoms with E-state index in [9.17, 15) is 4.79 Å². The van der Waals surface area contributed by atoms with Crippen LogP contribution in [0.5, 0.6) is 0 Å². The van der Waals surface area contributed by atoms with Gasteiger partial charge in [-0.1, -0.05) is 25.9 Å². The van der Waals surface area contributed by atoms with Gasteiger partial charge in [0.05, 0.1) is 0 Å². The fraction of sp³-hybridized carbons (Fsp3) is 0.714. The molecule has 0 saturated carbocycles. The molecule has 64 valence electrons. The molecule has 2 N–H and O–H groups in total. The standard InChI is InChI=1S/C7H14N2O2/c1-7(2,3)4-5-9-11-6(8)10/h5H,4H2,1-3H3,(H2,8,10). The molecule has 4 heteroatoms. The van der Waals surface area contributed by atoms with E-state index in [1.807, 2.05) is 0 Å². The summed E-state index contributed by atoms with van der Waals surface area (Å²) in [7, 11) is 0. The molecule has 0 bridgehead atoms. The molecule has 0 atom stereocenters. The first-order valence-electron chi connectivity index (χ1n) is 3.40. The normalized spacial score (nSPS) is 11.9. The predicted molar refractivity (Wildman–Crippen MR) is 43.2 cm³/mol. The van der Waals surface area contributed by atoms with E-state index in [1.165, 1.54) is 6.21 Å². The van der Waals surface area contributed by atoms with Crippen LogP contribution in [0.15, 0.2) is 5.16 Å². The molecule has 11 heavy (non-hydrogen) atoms. The molecule has 0 radical (unpaired) electrons. The number of primary amides is 1. The summed E-state index contributed by atoms with van der Waals surface area (Å²) in [6.07, 6.45) is 1.40. The van der Waals surface area contributed by atoms with E-state index < -0.39 is 6.09 Å². The van der Waals surface area contributed by atoms with Crippen LogP contribution in [0.1, 0.15) is 27.2 Å². The van der Waals surface area contributed by atoms with Gasteiger partial charge in [-0.15, -0.1) is 0 Å². The molecule has 0 fully saturated rings. The summed E-state index contributed by atoms with van der Waals surface area (Å²) in [6.45, 7) is 6.18. The van der Waals surface area contributed by atoms with Crippen LogP contribution in [0.4, 0.5) is 4.79 Å². The van der Waals surface area contributed by atoms with Crippen LogP contribution in [0.25, 0.3) is 0 Å². The van der Waals surface area contributed by atoms with Crippen molar-refractivity contribution in [1.29, 1.82) is 0 Å². The minimum atomic E-state index is -0.879. The number of nitrogens with two attached hydrogens (primary N) is 1. The fourth-order valence-corrected chi connectivity index (χ4v) is 0.400. The van der Waals surface area contributed by atoms with E-state index in [-0.39, 0.29) is 5.41 Å². The van der Waals surface area contributed by atoms with Crippen LogP contribution >= 0.6 is 0 Å². The molecular weight excluding hydrogens is 144 g/mol. The Kier molecular flexibility index (Phi) is 3.57. The van der Waals surface area contributed by atoms with Gasteiger partial charge in [0.15, 0.2) is 0 Å². The van der Waals surface area contributed by atoms with Crippen molar-refractivity contribution in [3.8, 4) is 0 Å². The predicted octanol–water partition coefficient (Wildman–Crippen LogP) is 1.50. The Morgan fingerprint density at radius 1 is 1.64 bits per heavy atom. The number of hydrogen-bond acceptors (Lipinski definition) is 3. The van der Waals surface area contributed by atoms with Gasteiger partial charge in [-0.25, -0.2) is 4.79 Å². The second-order valence-electron chi connectivity index (χ2n) is 3.46. The van der Waals surface area contributed by atoms with E-state index in [1.54, 1.807) is 0 Å². The summed E-state index contributed by atoms with van der Waals surface area (Å²) in [5, 5.41) is 3.36. The van der Waals surface area contributed by atoms with Gasteiger partial charge in [-0.3, -0.25) is 4.84 Å². The topological polar surface area (TPSA) is 64.7 Å². The lowest BCUT2D eigenvalue weighted by atomic mass is 9.93. The van der Waals surface area contributed by atoms with Crippen molar-refractivity contribution in [1.82, 2.24) is 0 Å². The van der Waals surface area contributed by atoms with Gasteiger partial charge in [0.25, 0.3) is 0 Å². The van der Waals surface area contributed by atoms with Crippen LogP contribution in [-0.2, 0) is 4.84 Å². The first-order valence-corrected chi connectivity index (χ1v) is 3.40. The molecule has 0 aliphatic carbocycles. The van der Waals surface area contributed by atoms with Gasteiger partial charge in [-0.05, 0) is 11.8 Å². The second-order valence-corrected chi connectivity index (χ2v) is 3.46. The average Bonchev–Trinajstić information content (AvgIpc) is 1.78. The highest BCUT2D eigenvalue weighted by molar-refractivity contribution is 5.66. The lowest BCUT2D eigenvalue weighted by Crippen LogP contribution is -2.10. The van der Waals surface area contributed by atoms with Crippen molar-refractivity contribution >= 4 is 12.3 Å². The Morgan fingerprint density at radius 3 is 2.55 bits per heavy atom. The van der Waals surface area contributed by atoms with E-state index in [4.69, 9.17) is 0 Å². The maximum Gasteiger partial charge on any atom is 0.430 e. The molecule has 0 rings (SSSR count). The third-order valence-corrected chi connectivity index (χ3v) is 0.921. The van der Waals surface area contributed by atoms with Crippen molar-refractivity contribution in [3.05, 3.63) is 0 Å². The van der Waals surface area contributed by atoms with Gasteiger partial charge in [-0.2, -0.15) is 0 Å². The molecule has 0 saturated heterocycles. The highest BCUT2D eigenvalue weighted by Gasteiger charge is 2.07. The Hall–Kier alpha value is -1.06. The number of nitrogens with zero attached hydrogens (tertiary/aromatic N) is 1. The third kappa shape index (κ3) is 8.94. The summed E-state index contributed by atoms with van der Waals surface area (Å²) in [4.78, 5) is 14.2. The zero-order valence-electron chi connectivity index (χ0n) is 7.13. The molecule has 0 aromatic heterocycles. The molecule has 1 amide bonds. The van der Waals surface area contributed by atoms with Gasteiger partial charge in [0.1, 0.15) is 0 Å². The monoisotopic (exact) mass is 158 g/mol. The first kappa shape index (κ1) is 9.94. The van der Waals surface area contributed by atoms with Gasteiger partial charge >= 0.3 is 6.09 Å². The van der Waals surface area contributed by atoms with E-state index in [0.717, 1.165) is 6.42 Å². The molecule has 0 spiro atoms. The minimum Gasteiger partial charge on any atom is -0.333 e. The average molecular weight is 158 g/mol. The maximum absolute atomic E-state index is 10.0. The molecule has 0 aliphatic heterocycles. The number of amides is 1. The van der Waals surface area contributed by atoms with Crippen molar-refractivity contribution in [2.24, 2.45) is 16.3 Å². The minimum absolute atomic E-state index is 0.157. The van der Waals surface area contributed by atoms with E-state index in [0.29, 0.717) is 0 Å².